The number of methoxy groups -OCH3 is 1. The summed E-state index contributed by atoms with van der Waals surface area (Å²) in [4.78, 5) is 4.23. The Morgan fingerprint density at radius 1 is 1.38 bits per heavy atom. The molecule has 6 heteroatoms. The molecule has 0 saturated carbocycles. The third-order valence-corrected chi connectivity index (χ3v) is 3.67. The first kappa shape index (κ1) is 16.1. The molecule has 0 aliphatic heterocycles. The van der Waals surface area contributed by atoms with Gasteiger partial charge in [-0.1, -0.05) is 15.9 Å². The Morgan fingerprint density at radius 2 is 2.24 bits per heavy atom. The zero-order valence-electron chi connectivity index (χ0n) is 11.9. The maximum absolute atomic E-state index is 13.3. The Hall–Kier alpha value is -1.24. The maximum atomic E-state index is 13.3. The second-order valence-corrected chi connectivity index (χ2v) is 5.44. The fraction of sp³-hybridized carbons (Fsp3) is 0.400. The van der Waals surface area contributed by atoms with Crippen LogP contribution < -0.4 is 5.32 Å². The Morgan fingerprint density at radius 3 is 3.05 bits per heavy atom. The van der Waals surface area contributed by atoms with E-state index >= 15 is 0 Å². The summed E-state index contributed by atoms with van der Waals surface area (Å²) in [7, 11) is 1.68. The normalized spacial score (nSPS) is 11.0. The van der Waals surface area contributed by atoms with Gasteiger partial charge in [-0.3, -0.25) is 0 Å². The van der Waals surface area contributed by atoms with E-state index in [-0.39, 0.29) is 5.82 Å². The first-order valence-electron chi connectivity index (χ1n) is 6.80. The second kappa shape index (κ2) is 8.26. The number of rotatable bonds is 8. The van der Waals surface area contributed by atoms with Crippen molar-refractivity contribution in [3.63, 3.8) is 0 Å². The Kier molecular flexibility index (Phi) is 6.35. The first-order chi connectivity index (χ1) is 10.2. The molecule has 0 fully saturated rings. The van der Waals surface area contributed by atoms with Gasteiger partial charge in [0.05, 0.1) is 12.8 Å². The number of nitrogens with one attached hydrogen (secondary N) is 1. The second-order valence-electron chi connectivity index (χ2n) is 4.59. The lowest BCUT2D eigenvalue weighted by molar-refractivity contribution is 0.199. The van der Waals surface area contributed by atoms with Crippen LogP contribution in [0.25, 0.3) is 11.3 Å². The molecule has 0 aliphatic rings. The van der Waals surface area contributed by atoms with Crippen LogP contribution in [0.15, 0.2) is 33.3 Å². The van der Waals surface area contributed by atoms with E-state index in [1.165, 1.54) is 12.1 Å². The van der Waals surface area contributed by atoms with Crippen LogP contribution in [0.1, 0.15) is 12.3 Å². The van der Waals surface area contributed by atoms with Gasteiger partial charge in [-0.2, -0.15) is 0 Å². The molecule has 1 aromatic carbocycles. The highest BCUT2D eigenvalue weighted by Gasteiger charge is 2.10. The number of aromatic nitrogens is 1. The van der Waals surface area contributed by atoms with Crippen LogP contribution in [0.3, 0.4) is 0 Å². The Labute approximate surface area is 131 Å². The highest BCUT2D eigenvalue weighted by atomic mass is 79.9. The van der Waals surface area contributed by atoms with Crippen molar-refractivity contribution < 1.29 is 13.5 Å². The summed E-state index contributed by atoms with van der Waals surface area (Å²) in [6.07, 6.45) is 3.30. The zero-order chi connectivity index (χ0) is 15.1. The van der Waals surface area contributed by atoms with Gasteiger partial charge >= 0.3 is 0 Å². The van der Waals surface area contributed by atoms with Gasteiger partial charge in [0, 0.05) is 30.1 Å². The third-order valence-electron chi connectivity index (χ3n) is 2.97. The molecule has 4 nitrogen and oxygen atoms in total. The summed E-state index contributed by atoms with van der Waals surface area (Å²) >= 11 is 3.39. The fourth-order valence-corrected chi connectivity index (χ4v) is 2.34. The van der Waals surface area contributed by atoms with Gasteiger partial charge in [0.2, 0.25) is 0 Å². The molecule has 1 N–H and O–H groups in total. The number of nitrogens with zero attached hydrogens (tertiary/aromatic N) is 1. The minimum Gasteiger partial charge on any atom is -0.441 e. The molecular formula is C15H18BrFN2O2. The number of ether oxygens (including phenoxy) is 1. The number of benzene rings is 1. The topological polar surface area (TPSA) is 47.3 Å². The van der Waals surface area contributed by atoms with Crippen LogP contribution in [0.5, 0.6) is 0 Å². The third kappa shape index (κ3) is 4.91. The van der Waals surface area contributed by atoms with Crippen LogP contribution in [0.2, 0.25) is 0 Å². The van der Waals surface area contributed by atoms with Crippen molar-refractivity contribution in [2.24, 2.45) is 0 Å². The van der Waals surface area contributed by atoms with Gasteiger partial charge in [-0.05, 0) is 31.2 Å². The molecule has 0 atom stereocenters. The van der Waals surface area contributed by atoms with Crippen molar-refractivity contribution in [2.45, 2.75) is 12.8 Å². The SMILES string of the molecule is COCCNCCCc1ncc(-c2cc(F)ccc2Br)o1. The first-order valence-corrected chi connectivity index (χ1v) is 7.60. The van der Waals surface area contributed by atoms with Crippen LogP contribution in [0.4, 0.5) is 4.39 Å². The average Bonchev–Trinajstić information content (AvgIpc) is 2.94. The number of oxazole rings is 1. The monoisotopic (exact) mass is 356 g/mol. The quantitative estimate of drug-likeness (QED) is 0.736. The molecule has 1 aromatic heterocycles. The van der Waals surface area contributed by atoms with Gasteiger partial charge in [0.15, 0.2) is 11.7 Å². The van der Waals surface area contributed by atoms with Crippen molar-refractivity contribution in [3.05, 3.63) is 40.6 Å². The summed E-state index contributed by atoms with van der Waals surface area (Å²) < 4.78 is 24.7. The van der Waals surface area contributed by atoms with E-state index in [4.69, 9.17) is 9.15 Å². The standard InChI is InChI=1S/C15H18BrFN2O2/c1-20-8-7-18-6-2-3-15-19-10-14(21-15)12-9-11(17)4-5-13(12)16/h4-5,9-10,18H,2-3,6-8H2,1H3. The number of halogens is 2. The summed E-state index contributed by atoms with van der Waals surface area (Å²) in [5.41, 5.74) is 0.673. The molecule has 2 rings (SSSR count). The van der Waals surface area contributed by atoms with E-state index in [1.807, 2.05) is 0 Å². The maximum Gasteiger partial charge on any atom is 0.194 e. The largest absolute Gasteiger partial charge is 0.441 e. The summed E-state index contributed by atoms with van der Waals surface area (Å²) in [5.74, 6) is 0.937. The zero-order valence-corrected chi connectivity index (χ0v) is 13.5. The van der Waals surface area contributed by atoms with E-state index < -0.39 is 0 Å². The van der Waals surface area contributed by atoms with Gasteiger partial charge < -0.3 is 14.5 Å². The molecule has 0 unspecified atom stereocenters. The molecule has 0 amide bonds. The Balaban J connectivity index is 1.88. The number of aryl methyl sites for hydroxylation is 1. The molecular weight excluding hydrogens is 339 g/mol. The molecule has 0 saturated heterocycles. The smallest absolute Gasteiger partial charge is 0.194 e. The van der Waals surface area contributed by atoms with Gasteiger partial charge in [-0.15, -0.1) is 0 Å². The number of hydrogen-bond donors (Lipinski definition) is 1. The number of hydrogen-bond acceptors (Lipinski definition) is 4. The van der Waals surface area contributed by atoms with Crippen molar-refractivity contribution in [2.75, 3.05) is 26.8 Å². The molecule has 0 radical (unpaired) electrons. The summed E-state index contributed by atoms with van der Waals surface area (Å²) in [6.45, 7) is 2.42. The van der Waals surface area contributed by atoms with Crippen molar-refractivity contribution >= 4 is 15.9 Å². The minimum absolute atomic E-state index is 0.298. The van der Waals surface area contributed by atoms with E-state index in [9.17, 15) is 4.39 Å². The van der Waals surface area contributed by atoms with Crippen LogP contribution in [-0.2, 0) is 11.2 Å². The molecule has 0 aliphatic carbocycles. The van der Waals surface area contributed by atoms with E-state index in [0.717, 1.165) is 30.4 Å². The predicted octanol–water partition coefficient (Wildman–Crippen LogP) is 3.41. The highest BCUT2D eigenvalue weighted by Crippen LogP contribution is 2.29. The van der Waals surface area contributed by atoms with E-state index in [2.05, 4.69) is 26.2 Å². The molecule has 0 spiro atoms. The van der Waals surface area contributed by atoms with E-state index in [0.29, 0.717) is 23.8 Å². The summed E-state index contributed by atoms with van der Waals surface area (Å²) in [6, 6.07) is 4.49. The van der Waals surface area contributed by atoms with Crippen molar-refractivity contribution in [1.29, 1.82) is 0 Å². The van der Waals surface area contributed by atoms with Gasteiger partial charge in [-0.25, -0.2) is 9.37 Å². The molecule has 1 heterocycles. The molecule has 0 bridgehead atoms. The Bertz CT molecular complexity index is 575. The minimum atomic E-state index is -0.298. The van der Waals surface area contributed by atoms with Gasteiger partial charge in [0.25, 0.3) is 0 Å². The van der Waals surface area contributed by atoms with Crippen molar-refractivity contribution in [3.8, 4) is 11.3 Å². The molecule has 2 aromatic rings. The average molecular weight is 357 g/mol. The van der Waals surface area contributed by atoms with E-state index in [1.54, 1.807) is 19.4 Å². The summed E-state index contributed by atoms with van der Waals surface area (Å²) in [5, 5.41) is 3.26. The lowest BCUT2D eigenvalue weighted by Crippen LogP contribution is -2.20. The predicted molar refractivity (Wildman–Crippen MR) is 82.7 cm³/mol. The van der Waals surface area contributed by atoms with Gasteiger partial charge in [0.1, 0.15) is 5.82 Å². The van der Waals surface area contributed by atoms with Crippen molar-refractivity contribution in [1.82, 2.24) is 10.3 Å². The lowest BCUT2D eigenvalue weighted by Gasteiger charge is -2.02. The fourth-order valence-electron chi connectivity index (χ4n) is 1.90. The van der Waals surface area contributed by atoms with Crippen LogP contribution in [0, 0.1) is 5.82 Å². The highest BCUT2D eigenvalue weighted by molar-refractivity contribution is 9.10. The van der Waals surface area contributed by atoms with Crippen LogP contribution >= 0.6 is 15.9 Å². The molecule has 21 heavy (non-hydrogen) atoms. The molecule has 114 valence electrons. The van der Waals surface area contributed by atoms with Crippen LogP contribution in [-0.4, -0.2) is 31.8 Å². The lowest BCUT2D eigenvalue weighted by atomic mass is 10.2.